The largest absolute Gasteiger partial charge is 0.339 e. The molecule has 0 aromatic heterocycles. The molecule has 0 heterocycles. The maximum absolute atomic E-state index is 11.9. The lowest BCUT2D eigenvalue weighted by Gasteiger charge is -2.26. The smallest absolute Gasteiger partial charge is 0.285 e. The summed E-state index contributed by atoms with van der Waals surface area (Å²) in [6, 6.07) is 6.55. The van der Waals surface area contributed by atoms with Crippen molar-refractivity contribution in [3.05, 3.63) is 29.3 Å². The standard InChI is InChI=1S/C17H27NOS/c1-16(2,3)12-9-13(17(4,5)6)11-14(10-12)20-15(19)18(7)8/h9-11H,1-8H3. The highest BCUT2D eigenvalue weighted by atomic mass is 32.2. The van der Waals surface area contributed by atoms with Gasteiger partial charge in [0.15, 0.2) is 0 Å². The molecular formula is C17H27NOS. The molecule has 0 unspecified atom stereocenters. The number of benzene rings is 1. The highest BCUT2D eigenvalue weighted by molar-refractivity contribution is 8.13. The average molecular weight is 293 g/mol. The summed E-state index contributed by atoms with van der Waals surface area (Å²) < 4.78 is 0. The highest BCUT2D eigenvalue weighted by Crippen LogP contribution is 2.34. The van der Waals surface area contributed by atoms with Gasteiger partial charge in [0.05, 0.1) is 0 Å². The summed E-state index contributed by atoms with van der Waals surface area (Å²) in [5.74, 6) is 0. The van der Waals surface area contributed by atoms with Crippen molar-refractivity contribution in [2.75, 3.05) is 14.1 Å². The third-order valence-electron chi connectivity index (χ3n) is 3.21. The molecule has 20 heavy (non-hydrogen) atoms. The number of carbonyl (C=O) groups excluding carboxylic acids is 1. The highest BCUT2D eigenvalue weighted by Gasteiger charge is 2.21. The van der Waals surface area contributed by atoms with Crippen LogP contribution in [0.4, 0.5) is 4.79 Å². The Balaban J connectivity index is 3.28. The Labute approximate surface area is 127 Å². The van der Waals surface area contributed by atoms with Crippen molar-refractivity contribution in [1.82, 2.24) is 4.90 Å². The Morgan fingerprint density at radius 2 is 1.30 bits per heavy atom. The van der Waals surface area contributed by atoms with E-state index in [0.717, 1.165) is 4.90 Å². The molecule has 0 aliphatic rings. The van der Waals surface area contributed by atoms with Crippen molar-refractivity contribution in [3.63, 3.8) is 0 Å². The van der Waals surface area contributed by atoms with Crippen molar-refractivity contribution >= 4 is 17.0 Å². The normalized spacial score (nSPS) is 12.4. The van der Waals surface area contributed by atoms with Crippen LogP contribution < -0.4 is 0 Å². The molecule has 112 valence electrons. The SMILES string of the molecule is CN(C)C(=O)Sc1cc(C(C)(C)C)cc(C(C)(C)C)c1. The van der Waals surface area contributed by atoms with Gasteiger partial charge in [-0.1, -0.05) is 47.6 Å². The van der Waals surface area contributed by atoms with Crippen molar-refractivity contribution in [2.45, 2.75) is 57.3 Å². The van der Waals surface area contributed by atoms with Gasteiger partial charge in [-0.3, -0.25) is 4.79 Å². The van der Waals surface area contributed by atoms with Crippen LogP contribution >= 0.6 is 11.8 Å². The van der Waals surface area contributed by atoms with E-state index < -0.39 is 0 Å². The minimum Gasteiger partial charge on any atom is -0.339 e. The van der Waals surface area contributed by atoms with E-state index in [9.17, 15) is 4.79 Å². The van der Waals surface area contributed by atoms with Gasteiger partial charge in [-0.2, -0.15) is 0 Å². The number of hydrogen-bond acceptors (Lipinski definition) is 2. The Hall–Kier alpha value is -0.960. The second kappa shape index (κ2) is 5.80. The molecular weight excluding hydrogens is 266 g/mol. The Bertz CT molecular complexity index is 460. The van der Waals surface area contributed by atoms with E-state index in [-0.39, 0.29) is 16.1 Å². The molecule has 1 rings (SSSR count). The topological polar surface area (TPSA) is 20.3 Å². The second-order valence-corrected chi connectivity index (χ2v) is 8.53. The van der Waals surface area contributed by atoms with Crippen LogP contribution in [-0.4, -0.2) is 24.2 Å². The molecule has 0 aliphatic carbocycles. The first-order valence-corrected chi connectivity index (χ1v) is 7.78. The first-order valence-electron chi connectivity index (χ1n) is 6.96. The van der Waals surface area contributed by atoms with Crippen LogP contribution in [0.15, 0.2) is 23.1 Å². The van der Waals surface area contributed by atoms with E-state index in [4.69, 9.17) is 0 Å². The predicted octanol–water partition coefficient (Wildman–Crippen LogP) is 5.06. The summed E-state index contributed by atoms with van der Waals surface area (Å²) in [5.41, 5.74) is 2.72. The van der Waals surface area contributed by atoms with Gasteiger partial charge in [-0.25, -0.2) is 0 Å². The fourth-order valence-corrected chi connectivity index (χ4v) is 2.47. The molecule has 0 bridgehead atoms. The van der Waals surface area contributed by atoms with E-state index >= 15 is 0 Å². The van der Waals surface area contributed by atoms with Crippen molar-refractivity contribution < 1.29 is 4.79 Å². The minimum absolute atomic E-state index is 0.0657. The minimum atomic E-state index is 0.0657. The quantitative estimate of drug-likeness (QED) is 0.675. The monoisotopic (exact) mass is 293 g/mol. The molecule has 0 aliphatic heterocycles. The molecule has 1 aromatic carbocycles. The number of hydrogen-bond donors (Lipinski definition) is 0. The van der Waals surface area contributed by atoms with Crippen LogP contribution in [0.1, 0.15) is 52.7 Å². The molecule has 0 spiro atoms. The summed E-state index contributed by atoms with van der Waals surface area (Å²) in [6.45, 7) is 13.2. The number of rotatable bonds is 1. The van der Waals surface area contributed by atoms with Gasteiger partial charge >= 0.3 is 0 Å². The average Bonchev–Trinajstić information content (AvgIpc) is 2.26. The molecule has 0 saturated heterocycles. The molecule has 1 aromatic rings. The van der Waals surface area contributed by atoms with Crippen LogP contribution in [0, 0.1) is 0 Å². The summed E-state index contributed by atoms with van der Waals surface area (Å²) in [5, 5.41) is 0.0657. The van der Waals surface area contributed by atoms with Gasteiger partial charge < -0.3 is 4.90 Å². The Morgan fingerprint density at radius 3 is 1.60 bits per heavy atom. The molecule has 0 atom stereocenters. The number of amides is 1. The summed E-state index contributed by atoms with van der Waals surface area (Å²) >= 11 is 1.30. The summed E-state index contributed by atoms with van der Waals surface area (Å²) in [7, 11) is 3.57. The molecule has 0 fully saturated rings. The molecule has 0 N–H and O–H groups in total. The number of thioether (sulfide) groups is 1. The van der Waals surface area contributed by atoms with E-state index in [1.54, 1.807) is 19.0 Å². The Kier molecular flexibility index (Phi) is 4.96. The van der Waals surface area contributed by atoms with Gasteiger partial charge in [0.1, 0.15) is 0 Å². The maximum atomic E-state index is 11.9. The van der Waals surface area contributed by atoms with Crippen molar-refractivity contribution in [2.24, 2.45) is 0 Å². The lowest BCUT2D eigenvalue weighted by molar-refractivity contribution is 0.241. The first-order chi connectivity index (χ1) is 8.91. The lowest BCUT2D eigenvalue weighted by atomic mass is 9.81. The zero-order valence-corrected chi connectivity index (χ0v) is 14.8. The van der Waals surface area contributed by atoms with Crippen LogP contribution in [0.25, 0.3) is 0 Å². The molecule has 1 amide bonds. The predicted molar refractivity (Wildman–Crippen MR) is 88.8 cm³/mol. The number of carbonyl (C=O) groups is 1. The van der Waals surface area contributed by atoms with E-state index in [2.05, 4.69) is 59.7 Å². The van der Waals surface area contributed by atoms with E-state index in [0.29, 0.717) is 0 Å². The maximum Gasteiger partial charge on any atom is 0.285 e. The van der Waals surface area contributed by atoms with Crippen LogP contribution in [0.2, 0.25) is 0 Å². The lowest BCUT2D eigenvalue weighted by Crippen LogP contribution is -2.18. The van der Waals surface area contributed by atoms with Crippen molar-refractivity contribution in [3.8, 4) is 0 Å². The third-order valence-corrected chi connectivity index (χ3v) is 4.22. The van der Waals surface area contributed by atoms with E-state index in [1.165, 1.54) is 22.9 Å². The first kappa shape index (κ1) is 17.1. The number of nitrogens with zero attached hydrogens (tertiary/aromatic N) is 1. The van der Waals surface area contributed by atoms with Gasteiger partial charge in [0.2, 0.25) is 0 Å². The fraction of sp³-hybridized carbons (Fsp3) is 0.588. The van der Waals surface area contributed by atoms with E-state index in [1.807, 2.05) is 0 Å². The van der Waals surface area contributed by atoms with Crippen molar-refractivity contribution in [1.29, 1.82) is 0 Å². The van der Waals surface area contributed by atoms with Crippen LogP contribution in [-0.2, 0) is 10.8 Å². The third kappa shape index (κ3) is 4.55. The van der Waals surface area contributed by atoms with Gasteiger partial charge in [0.25, 0.3) is 5.24 Å². The van der Waals surface area contributed by atoms with Gasteiger partial charge in [-0.05, 0) is 45.9 Å². The molecule has 3 heteroatoms. The zero-order valence-electron chi connectivity index (χ0n) is 14.0. The molecule has 0 radical (unpaired) electrons. The van der Waals surface area contributed by atoms with Crippen LogP contribution in [0.3, 0.4) is 0 Å². The van der Waals surface area contributed by atoms with Gasteiger partial charge in [-0.15, -0.1) is 0 Å². The Morgan fingerprint density at radius 1 is 0.900 bits per heavy atom. The summed E-state index contributed by atoms with van der Waals surface area (Å²) in [6.07, 6.45) is 0. The zero-order chi connectivity index (χ0) is 15.7. The van der Waals surface area contributed by atoms with Crippen LogP contribution in [0.5, 0.6) is 0 Å². The summed E-state index contributed by atoms with van der Waals surface area (Å²) in [4.78, 5) is 14.6. The fourth-order valence-electron chi connectivity index (χ4n) is 1.72. The second-order valence-electron chi connectivity index (χ2n) is 7.51. The molecule has 2 nitrogen and oxygen atoms in total. The van der Waals surface area contributed by atoms with Gasteiger partial charge in [0, 0.05) is 19.0 Å². The molecule has 0 saturated carbocycles.